The minimum Gasteiger partial charge on any atom is -0.481 e. The summed E-state index contributed by atoms with van der Waals surface area (Å²) in [5.41, 5.74) is 0. The second-order valence-corrected chi connectivity index (χ2v) is 3.26. The lowest BCUT2D eigenvalue weighted by atomic mass is 10.1. The maximum atomic E-state index is 10.6. The van der Waals surface area contributed by atoms with E-state index >= 15 is 0 Å². The second kappa shape index (κ2) is 4.23. The smallest absolute Gasteiger partial charge is 0.320 e. The molecular formula is C8H13NO4. The molecule has 0 aromatic rings. The molecule has 0 aromatic heterocycles. The minimum atomic E-state index is -0.965. The van der Waals surface area contributed by atoms with Crippen LogP contribution in [0.4, 0.5) is 0 Å². The molecule has 0 heterocycles. The summed E-state index contributed by atoms with van der Waals surface area (Å²) in [5, 5.41) is 20.0. The Kier molecular flexibility index (Phi) is 3.25. The Labute approximate surface area is 75.7 Å². The molecule has 0 amide bonds. The van der Waals surface area contributed by atoms with Crippen molar-refractivity contribution in [3.63, 3.8) is 0 Å². The predicted molar refractivity (Wildman–Crippen MR) is 44.5 cm³/mol. The van der Waals surface area contributed by atoms with Crippen LogP contribution < -0.4 is 5.32 Å². The van der Waals surface area contributed by atoms with Crippen LogP contribution in [0.3, 0.4) is 0 Å². The molecule has 5 heteroatoms. The molecule has 0 spiro atoms. The third-order valence-corrected chi connectivity index (χ3v) is 1.96. The highest BCUT2D eigenvalue weighted by molar-refractivity contribution is 5.75. The van der Waals surface area contributed by atoms with Crippen molar-refractivity contribution in [1.82, 2.24) is 5.32 Å². The van der Waals surface area contributed by atoms with E-state index in [0.717, 1.165) is 12.8 Å². The number of nitrogens with one attached hydrogen (secondary N) is 1. The summed E-state index contributed by atoms with van der Waals surface area (Å²) in [5.74, 6) is -1.92. The van der Waals surface area contributed by atoms with E-state index in [1.54, 1.807) is 0 Å². The molecule has 0 saturated heterocycles. The topological polar surface area (TPSA) is 86.6 Å². The highest BCUT2D eigenvalue weighted by Crippen LogP contribution is 2.20. The molecule has 1 atom stereocenters. The van der Waals surface area contributed by atoms with Gasteiger partial charge >= 0.3 is 11.9 Å². The number of hydrogen-bond acceptors (Lipinski definition) is 3. The van der Waals surface area contributed by atoms with Gasteiger partial charge in [-0.2, -0.15) is 0 Å². The molecule has 0 bridgehead atoms. The quantitative estimate of drug-likeness (QED) is 0.547. The Hall–Kier alpha value is -1.10. The molecule has 3 N–H and O–H groups in total. The van der Waals surface area contributed by atoms with Crippen molar-refractivity contribution in [3.05, 3.63) is 0 Å². The lowest BCUT2D eigenvalue weighted by molar-refractivity contribution is -0.140. The van der Waals surface area contributed by atoms with Gasteiger partial charge in [0.25, 0.3) is 0 Å². The lowest BCUT2D eigenvalue weighted by Gasteiger charge is -2.11. The summed E-state index contributed by atoms with van der Waals surface area (Å²) in [6.07, 6.45) is 2.05. The summed E-state index contributed by atoms with van der Waals surface area (Å²) >= 11 is 0. The van der Waals surface area contributed by atoms with Crippen LogP contribution >= 0.6 is 0 Å². The Morgan fingerprint density at radius 1 is 1.38 bits per heavy atom. The molecule has 0 unspecified atom stereocenters. The van der Waals surface area contributed by atoms with Gasteiger partial charge in [0.05, 0.1) is 0 Å². The highest BCUT2D eigenvalue weighted by atomic mass is 16.4. The summed E-state index contributed by atoms with van der Waals surface area (Å²) in [6.45, 7) is 0. The van der Waals surface area contributed by atoms with Gasteiger partial charge in [-0.25, -0.2) is 0 Å². The third-order valence-electron chi connectivity index (χ3n) is 1.96. The molecule has 1 rings (SSSR count). The molecule has 0 radical (unpaired) electrons. The van der Waals surface area contributed by atoms with Crippen LogP contribution in [-0.4, -0.2) is 34.2 Å². The lowest BCUT2D eigenvalue weighted by Crippen LogP contribution is -2.38. The highest BCUT2D eigenvalue weighted by Gasteiger charge is 2.28. The number of aliphatic carboxylic acids is 2. The molecule has 1 saturated carbocycles. The first-order chi connectivity index (χ1) is 6.09. The Bertz CT molecular complexity index is 212. The Morgan fingerprint density at radius 3 is 2.38 bits per heavy atom. The van der Waals surface area contributed by atoms with Crippen molar-refractivity contribution in [2.75, 3.05) is 0 Å². The largest absolute Gasteiger partial charge is 0.481 e. The summed E-state index contributed by atoms with van der Waals surface area (Å²) in [6, 6.07) is -0.418. The second-order valence-electron chi connectivity index (χ2n) is 3.26. The molecule has 1 fully saturated rings. The molecule has 5 nitrogen and oxygen atoms in total. The van der Waals surface area contributed by atoms with Crippen LogP contribution in [0.15, 0.2) is 0 Å². The van der Waals surface area contributed by atoms with Crippen LogP contribution in [0, 0.1) is 0 Å². The minimum absolute atomic E-state index is 0.101. The summed E-state index contributed by atoms with van der Waals surface area (Å²) in [7, 11) is 0. The standard InChI is InChI=1S/C8H13NO4/c10-7(11)4-3-6(8(12)13)9-5-1-2-5/h5-6,9H,1-4H2,(H,10,11)(H,12,13)/t6-/m0/s1. The van der Waals surface area contributed by atoms with E-state index in [0.29, 0.717) is 0 Å². The summed E-state index contributed by atoms with van der Waals surface area (Å²) in [4.78, 5) is 20.8. The van der Waals surface area contributed by atoms with E-state index in [1.165, 1.54) is 0 Å². The normalized spacial score (nSPS) is 18.2. The fourth-order valence-electron chi connectivity index (χ4n) is 1.08. The first kappa shape index (κ1) is 9.98. The molecular weight excluding hydrogens is 174 g/mol. The number of carbonyl (C=O) groups is 2. The van der Waals surface area contributed by atoms with Crippen LogP contribution in [0.2, 0.25) is 0 Å². The van der Waals surface area contributed by atoms with E-state index in [-0.39, 0.29) is 18.9 Å². The van der Waals surface area contributed by atoms with E-state index in [1.807, 2.05) is 0 Å². The maximum absolute atomic E-state index is 10.6. The van der Waals surface area contributed by atoms with Crippen molar-refractivity contribution in [3.8, 4) is 0 Å². The SMILES string of the molecule is O=C(O)CC[C@H](NC1CC1)C(=O)O. The molecule has 0 aliphatic heterocycles. The molecule has 1 aliphatic carbocycles. The zero-order valence-corrected chi connectivity index (χ0v) is 7.19. The van der Waals surface area contributed by atoms with Crippen LogP contribution in [0.5, 0.6) is 0 Å². The van der Waals surface area contributed by atoms with Gasteiger partial charge in [-0.3, -0.25) is 9.59 Å². The number of rotatable bonds is 6. The summed E-state index contributed by atoms with van der Waals surface area (Å²) < 4.78 is 0. The molecule has 1 aliphatic rings. The zero-order chi connectivity index (χ0) is 9.84. The van der Waals surface area contributed by atoms with E-state index in [2.05, 4.69) is 5.32 Å². The Balaban J connectivity index is 2.28. The zero-order valence-electron chi connectivity index (χ0n) is 7.19. The number of hydrogen-bond donors (Lipinski definition) is 3. The first-order valence-corrected chi connectivity index (χ1v) is 4.30. The molecule has 74 valence electrons. The maximum Gasteiger partial charge on any atom is 0.320 e. The van der Waals surface area contributed by atoms with Gasteiger partial charge in [-0.05, 0) is 19.3 Å². The number of carboxylic acid groups (broad SMARTS) is 2. The molecule has 13 heavy (non-hydrogen) atoms. The molecule has 0 aromatic carbocycles. The van der Waals surface area contributed by atoms with Gasteiger partial charge in [0.2, 0.25) is 0 Å². The van der Waals surface area contributed by atoms with E-state index in [4.69, 9.17) is 10.2 Å². The average molecular weight is 187 g/mol. The number of carboxylic acids is 2. The van der Waals surface area contributed by atoms with Gasteiger partial charge < -0.3 is 15.5 Å². The fourth-order valence-corrected chi connectivity index (χ4v) is 1.08. The van der Waals surface area contributed by atoms with E-state index < -0.39 is 18.0 Å². The van der Waals surface area contributed by atoms with Crippen LogP contribution in [-0.2, 0) is 9.59 Å². The van der Waals surface area contributed by atoms with E-state index in [9.17, 15) is 9.59 Å². The van der Waals surface area contributed by atoms with Crippen LogP contribution in [0.1, 0.15) is 25.7 Å². The third kappa shape index (κ3) is 3.89. The predicted octanol–water partition coefficient (Wildman–Crippen LogP) is 0.0564. The Morgan fingerprint density at radius 2 is 2.00 bits per heavy atom. The average Bonchev–Trinajstić information content (AvgIpc) is 2.80. The van der Waals surface area contributed by atoms with Crippen molar-refractivity contribution in [2.24, 2.45) is 0 Å². The van der Waals surface area contributed by atoms with Crippen molar-refractivity contribution >= 4 is 11.9 Å². The first-order valence-electron chi connectivity index (χ1n) is 4.30. The monoisotopic (exact) mass is 187 g/mol. The van der Waals surface area contributed by atoms with Gasteiger partial charge in [0, 0.05) is 12.5 Å². The van der Waals surface area contributed by atoms with Crippen molar-refractivity contribution < 1.29 is 19.8 Å². The van der Waals surface area contributed by atoms with Gasteiger partial charge in [0.1, 0.15) is 6.04 Å². The van der Waals surface area contributed by atoms with Crippen molar-refractivity contribution in [2.45, 2.75) is 37.8 Å². The van der Waals surface area contributed by atoms with Gasteiger partial charge in [-0.15, -0.1) is 0 Å². The fraction of sp³-hybridized carbons (Fsp3) is 0.750. The van der Waals surface area contributed by atoms with Crippen LogP contribution in [0.25, 0.3) is 0 Å². The van der Waals surface area contributed by atoms with Gasteiger partial charge in [-0.1, -0.05) is 0 Å². The van der Waals surface area contributed by atoms with Crippen molar-refractivity contribution in [1.29, 1.82) is 0 Å². The van der Waals surface area contributed by atoms with Gasteiger partial charge in [0.15, 0.2) is 0 Å².